The van der Waals surface area contributed by atoms with Crippen LogP contribution in [0, 0.1) is 0 Å². The predicted octanol–water partition coefficient (Wildman–Crippen LogP) is 5.10. The van der Waals surface area contributed by atoms with Crippen molar-refractivity contribution in [3.05, 3.63) is 33.9 Å². The third-order valence-corrected chi connectivity index (χ3v) is 4.83. The summed E-state index contributed by atoms with van der Waals surface area (Å²) >= 11 is 9.65. The van der Waals surface area contributed by atoms with Crippen molar-refractivity contribution in [3.63, 3.8) is 0 Å². The van der Waals surface area contributed by atoms with Crippen LogP contribution in [0.5, 0.6) is 0 Å². The van der Waals surface area contributed by atoms with Gasteiger partial charge in [-0.25, -0.2) is 4.98 Å². The van der Waals surface area contributed by atoms with E-state index in [2.05, 4.69) is 37.3 Å². The number of aromatic nitrogens is 2. The van der Waals surface area contributed by atoms with E-state index in [4.69, 9.17) is 11.6 Å². The summed E-state index contributed by atoms with van der Waals surface area (Å²) in [6, 6.07) is 6.49. The van der Waals surface area contributed by atoms with Gasteiger partial charge in [0.2, 0.25) is 0 Å². The Kier molecular flexibility index (Phi) is 2.89. The highest BCUT2D eigenvalue weighted by Crippen LogP contribution is 2.36. The zero-order valence-electron chi connectivity index (χ0n) is 10.7. The Morgan fingerprint density at radius 3 is 2.95 bits per heavy atom. The molecule has 0 spiro atoms. The molecule has 0 bridgehead atoms. The molecule has 0 atom stereocenters. The van der Waals surface area contributed by atoms with Gasteiger partial charge in [-0.3, -0.25) is 0 Å². The second-order valence-electron chi connectivity index (χ2n) is 5.29. The lowest BCUT2D eigenvalue weighted by Gasteiger charge is -2.27. The number of benzene rings is 1. The van der Waals surface area contributed by atoms with Crippen LogP contribution in [0.3, 0.4) is 0 Å². The SMILES string of the molecule is Clc1ccc2c(c1)[nH]c1c(Br)cnc(NC3CCC3)c12. The van der Waals surface area contributed by atoms with Crippen molar-refractivity contribution >= 4 is 55.2 Å². The lowest BCUT2D eigenvalue weighted by molar-refractivity contribution is 0.445. The zero-order valence-corrected chi connectivity index (χ0v) is 13.1. The predicted molar refractivity (Wildman–Crippen MR) is 87.6 cm³/mol. The molecule has 1 aliphatic carbocycles. The van der Waals surface area contributed by atoms with Gasteiger partial charge in [0, 0.05) is 28.2 Å². The number of hydrogen-bond acceptors (Lipinski definition) is 2. The number of aromatic amines is 1. The molecule has 1 aromatic carbocycles. The summed E-state index contributed by atoms with van der Waals surface area (Å²) in [5.74, 6) is 0.960. The zero-order chi connectivity index (χ0) is 13.7. The van der Waals surface area contributed by atoms with Gasteiger partial charge in [-0.2, -0.15) is 0 Å². The van der Waals surface area contributed by atoms with Crippen LogP contribution in [0.25, 0.3) is 21.8 Å². The highest BCUT2D eigenvalue weighted by Gasteiger charge is 2.20. The third kappa shape index (κ3) is 1.90. The Bertz CT molecular complexity index is 808. The van der Waals surface area contributed by atoms with Crippen LogP contribution in [0.2, 0.25) is 5.02 Å². The van der Waals surface area contributed by atoms with Gasteiger partial charge in [-0.05, 0) is 47.3 Å². The second-order valence-corrected chi connectivity index (χ2v) is 6.58. The molecule has 1 aliphatic rings. The summed E-state index contributed by atoms with van der Waals surface area (Å²) in [4.78, 5) is 7.99. The molecule has 0 saturated heterocycles. The third-order valence-electron chi connectivity index (χ3n) is 3.99. The largest absolute Gasteiger partial charge is 0.367 e. The van der Waals surface area contributed by atoms with Crippen molar-refractivity contribution in [2.45, 2.75) is 25.3 Å². The topological polar surface area (TPSA) is 40.7 Å². The Morgan fingerprint density at radius 2 is 2.20 bits per heavy atom. The summed E-state index contributed by atoms with van der Waals surface area (Å²) in [6.07, 6.45) is 5.61. The molecule has 20 heavy (non-hydrogen) atoms. The van der Waals surface area contributed by atoms with E-state index in [1.165, 1.54) is 19.3 Å². The lowest BCUT2D eigenvalue weighted by Crippen LogP contribution is -2.27. The van der Waals surface area contributed by atoms with Crippen molar-refractivity contribution < 1.29 is 0 Å². The maximum atomic E-state index is 6.08. The number of pyridine rings is 1. The van der Waals surface area contributed by atoms with Gasteiger partial charge >= 0.3 is 0 Å². The van der Waals surface area contributed by atoms with Crippen molar-refractivity contribution in [2.24, 2.45) is 0 Å². The quantitative estimate of drug-likeness (QED) is 0.675. The average molecular weight is 351 g/mol. The fourth-order valence-electron chi connectivity index (χ4n) is 2.70. The standard InChI is InChI=1S/C15H13BrClN3/c16-11-7-18-15(19-9-2-1-3-9)13-10-5-4-8(17)6-12(10)20-14(11)13/h4-7,9,20H,1-3H2,(H,18,19). The maximum absolute atomic E-state index is 6.08. The van der Waals surface area contributed by atoms with Gasteiger partial charge < -0.3 is 10.3 Å². The van der Waals surface area contributed by atoms with Crippen molar-refractivity contribution in [1.29, 1.82) is 0 Å². The van der Waals surface area contributed by atoms with E-state index in [9.17, 15) is 0 Å². The van der Waals surface area contributed by atoms with Crippen LogP contribution in [0.1, 0.15) is 19.3 Å². The summed E-state index contributed by atoms with van der Waals surface area (Å²) in [6.45, 7) is 0. The van der Waals surface area contributed by atoms with Gasteiger partial charge in [-0.1, -0.05) is 17.7 Å². The van der Waals surface area contributed by atoms with Crippen LogP contribution >= 0.6 is 27.5 Å². The number of rotatable bonds is 2. The van der Waals surface area contributed by atoms with E-state index in [0.29, 0.717) is 6.04 Å². The monoisotopic (exact) mass is 349 g/mol. The van der Waals surface area contributed by atoms with Gasteiger partial charge in [0.1, 0.15) is 5.82 Å². The molecule has 5 heteroatoms. The van der Waals surface area contributed by atoms with E-state index in [1.807, 2.05) is 18.3 Å². The smallest absolute Gasteiger partial charge is 0.136 e. The number of halogens is 2. The highest BCUT2D eigenvalue weighted by molar-refractivity contribution is 9.10. The van der Waals surface area contributed by atoms with Gasteiger partial charge in [0.25, 0.3) is 0 Å². The first-order valence-corrected chi connectivity index (χ1v) is 7.91. The van der Waals surface area contributed by atoms with Gasteiger partial charge in [0.15, 0.2) is 0 Å². The van der Waals surface area contributed by atoms with E-state index in [0.717, 1.165) is 37.1 Å². The number of anilines is 1. The molecule has 1 fully saturated rings. The van der Waals surface area contributed by atoms with E-state index < -0.39 is 0 Å². The molecule has 2 heterocycles. The summed E-state index contributed by atoms with van der Waals surface area (Å²) in [5, 5.41) is 6.58. The first-order valence-electron chi connectivity index (χ1n) is 6.74. The molecule has 0 radical (unpaired) electrons. The molecule has 1 saturated carbocycles. The van der Waals surface area contributed by atoms with E-state index >= 15 is 0 Å². The maximum Gasteiger partial charge on any atom is 0.136 e. The summed E-state index contributed by atoms with van der Waals surface area (Å²) in [7, 11) is 0. The number of nitrogens with zero attached hydrogens (tertiary/aromatic N) is 1. The van der Waals surface area contributed by atoms with E-state index in [-0.39, 0.29) is 0 Å². The fraction of sp³-hybridized carbons (Fsp3) is 0.267. The molecular weight excluding hydrogens is 338 g/mol. The molecular formula is C15H13BrClN3. The summed E-state index contributed by atoms with van der Waals surface area (Å²) < 4.78 is 0.971. The minimum Gasteiger partial charge on any atom is -0.367 e. The van der Waals surface area contributed by atoms with Gasteiger partial charge in [0.05, 0.1) is 15.4 Å². The molecule has 0 aliphatic heterocycles. The number of nitrogens with one attached hydrogen (secondary N) is 2. The Labute approximate surface area is 129 Å². The first-order chi connectivity index (χ1) is 9.72. The molecule has 4 rings (SSSR count). The van der Waals surface area contributed by atoms with Crippen LogP contribution in [0.4, 0.5) is 5.82 Å². The summed E-state index contributed by atoms with van der Waals surface area (Å²) in [5.41, 5.74) is 2.11. The Hall–Kier alpha value is -1.26. The molecule has 102 valence electrons. The lowest BCUT2D eigenvalue weighted by atomic mass is 9.93. The van der Waals surface area contributed by atoms with E-state index in [1.54, 1.807) is 0 Å². The van der Waals surface area contributed by atoms with Crippen molar-refractivity contribution in [1.82, 2.24) is 9.97 Å². The van der Waals surface area contributed by atoms with Crippen LogP contribution < -0.4 is 5.32 Å². The molecule has 2 aromatic heterocycles. The average Bonchev–Trinajstić information content (AvgIpc) is 2.75. The number of fused-ring (bicyclic) bond motifs is 3. The molecule has 3 nitrogen and oxygen atoms in total. The van der Waals surface area contributed by atoms with Gasteiger partial charge in [-0.15, -0.1) is 0 Å². The first kappa shape index (κ1) is 12.5. The molecule has 2 N–H and O–H groups in total. The minimum absolute atomic E-state index is 0.559. The van der Waals surface area contributed by atoms with Crippen molar-refractivity contribution in [3.8, 4) is 0 Å². The molecule has 0 unspecified atom stereocenters. The Balaban J connectivity index is 1.98. The second kappa shape index (κ2) is 4.64. The molecule has 0 amide bonds. The fourth-order valence-corrected chi connectivity index (χ4v) is 3.27. The number of hydrogen-bond donors (Lipinski definition) is 2. The molecule has 3 aromatic rings. The van der Waals surface area contributed by atoms with Crippen LogP contribution in [-0.4, -0.2) is 16.0 Å². The van der Waals surface area contributed by atoms with Crippen LogP contribution in [0.15, 0.2) is 28.9 Å². The normalized spacial score (nSPS) is 15.7. The minimum atomic E-state index is 0.559. The van der Waals surface area contributed by atoms with Crippen molar-refractivity contribution in [2.75, 3.05) is 5.32 Å². The Morgan fingerprint density at radius 1 is 1.35 bits per heavy atom. The van der Waals surface area contributed by atoms with Crippen LogP contribution in [-0.2, 0) is 0 Å². The highest BCUT2D eigenvalue weighted by atomic mass is 79.9. The number of H-pyrrole nitrogens is 1.